The summed E-state index contributed by atoms with van der Waals surface area (Å²) in [7, 11) is 1.57. The Bertz CT molecular complexity index is 357. The molecular formula is C11H16N2O4. The molecule has 0 saturated heterocycles. The largest absolute Gasteiger partial charge is 0.382 e. The number of hydrogen-bond acceptors (Lipinski definition) is 5. The number of ether oxygens (including phenoxy) is 2. The van der Waals surface area contributed by atoms with Crippen LogP contribution in [0.15, 0.2) is 24.3 Å². The second-order valence-electron chi connectivity index (χ2n) is 3.29. The van der Waals surface area contributed by atoms with Gasteiger partial charge in [0.05, 0.1) is 18.9 Å². The zero-order valence-corrected chi connectivity index (χ0v) is 9.60. The topological polar surface area (TPSA) is 79.8 Å². The highest BCUT2D eigenvalue weighted by atomic mass is 16.5. The first-order valence-electron chi connectivity index (χ1n) is 5.13. The van der Waals surface area contributed by atoms with Crippen LogP contribution in [0.3, 0.4) is 0 Å². The fourth-order valence-corrected chi connectivity index (χ4v) is 1.17. The lowest BCUT2D eigenvalue weighted by Gasteiger charge is -2.07. The summed E-state index contributed by atoms with van der Waals surface area (Å²) in [6.45, 7) is 0.805. The molecule has 1 aromatic carbocycles. The molecule has 17 heavy (non-hydrogen) atoms. The van der Waals surface area contributed by atoms with Gasteiger partial charge in [0.25, 0.3) is 0 Å². The van der Waals surface area contributed by atoms with Crippen molar-refractivity contribution in [2.24, 2.45) is 0 Å². The Kier molecular flexibility index (Phi) is 6.02. The van der Waals surface area contributed by atoms with E-state index in [0.29, 0.717) is 24.6 Å². The third-order valence-electron chi connectivity index (χ3n) is 1.94. The Morgan fingerprint density at radius 3 is 2.82 bits per heavy atom. The van der Waals surface area contributed by atoms with E-state index in [2.05, 4.69) is 5.32 Å². The van der Waals surface area contributed by atoms with Crippen molar-refractivity contribution in [2.75, 3.05) is 37.7 Å². The van der Waals surface area contributed by atoms with Gasteiger partial charge in [-0.2, -0.15) is 0 Å². The molecule has 0 spiro atoms. The second-order valence-corrected chi connectivity index (χ2v) is 3.29. The van der Waals surface area contributed by atoms with Gasteiger partial charge in [0, 0.05) is 12.8 Å². The number of anilines is 2. The quantitative estimate of drug-likeness (QED) is 0.491. The number of hydrogen-bond donors (Lipinski definition) is 3. The van der Waals surface area contributed by atoms with Crippen LogP contribution in [-0.4, -0.2) is 38.0 Å². The Morgan fingerprint density at radius 1 is 1.35 bits per heavy atom. The third kappa shape index (κ3) is 5.30. The van der Waals surface area contributed by atoms with Crippen molar-refractivity contribution < 1.29 is 19.5 Å². The minimum Gasteiger partial charge on any atom is -0.382 e. The molecule has 0 aromatic heterocycles. The normalized spacial score (nSPS) is 10.0. The molecule has 6 heteroatoms. The highest BCUT2D eigenvalue weighted by molar-refractivity contribution is 5.92. The van der Waals surface area contributed by atoms with E-state index in [4.69, 9.17) is 14.7 Å². The zero-order chi connectivity index (χ0) is 12.5. The number of carbonyl (C=O) groups excluding carboxylic acids is 1. The van der Waals surface area contributed by atoms with Crippen molar-refractivity contribution in [2.45, 2.75) is 0 Å². The van der Waals surface area contributed by atoms with Crippen LogP contribution < -0.4 is 10.8 Å². The number of nitrogens with one attached hydrogen (secondary N) is 2. The minimum atomic E-state index is -0.254. The lowest BCUT2D eigenvalue weighted by Crippen LogP contribution is -2.19. The van der Waals surface area contributed by atoms with Crippen LogP contribution in [0.5, 0.6) is 0 Å². The highest BCUT2D eigenvalue weighted by Crippen LogP contribution is 2.13. The maximum atomic E-state index is 11.4. The van der Waals surface area contributed by atoms with Crippen molar-refractivity contribution in [3.63, 3.8) is 0 Å². The van der Waals surface area contributed by atoms with E-state index in [1.54, 1.807) is 31.4 Å². The Labute approximate surface area is 99.5 Å². The summed E-state index contributed by atoms with van der Waals surface area (Å²) in [6, 6.07) is 6.70. The number of amides is 1. The molecule has 3 N–H and O–H groups in total. The van der Waals surface area contributed by atoms with Crippen LogP contribution in [-0.2, 0) is 14.3 Å². The first kappa shape index (κ1) is 13.4. The number of methoxy groups -OCH3 is 1. The lowest BCUT2D eigenvalue weighted by atomic mass is 10.3. The molecule has 0 aliphatic heterocycles. The Balaban J connectivity index is 2.34. The molecule has 0 bridgehead atoms. The number of carbonyl (C=O) groups is 1. The summed E-state index contributed by atoms with van der Waals surface area (Å²) in [5.74, 6) is -0.254. The van der Waals surface area contributed by atoms with Crippen molar-refractivity contribution in [3.8, 4) is 0 Å². The lowest BCUT2D eigenvalue weighted by molar-refractivity contribution is -0.121. The first-order valence-corrected chi connectivity index (χ1v) is 5.13. The molecule has 0 aliphatic carbocycles. The van der Waals surface area contributed by atoms with Crippen LogP contribution in [0.1, 0.15) is 0 Å². The average Bonchev–Trinajstić information content (AvgIpc) is 2.35. The van der Waals surface area contributed by atoms with E-state index in [0.717, 1.165) is 0 Å². The van der Waals surface area contributed by atoms with E-state index < -0.39 is 0 Å². The van der Waals surface area contributed by atoms with Gasteiger partial charge < -0.3 is 14.8 Å². The molecule has 0 radical (unpaired) electrons. The average molecular weight is 240 g/mol. The summed E-state index contributed by atoms with van der Waals surface area (Å²) >= 11 is 0. The fourth-order valence-electron chi connectivity index (χ4n) is 1.17. The summed E-state index contributed by atoms with van der Waals surface area (Å²) < 4.78 is 9.84. The van der Waals surface area contributed by atoms with E-state index in [1.165, 1.54) is 0 Å². The predicted octanol–water partition coefficient (Wildman–Crippen LogP) is 1.09. The molecule has 6 nitrogen and oxygen atoms in total. The molecule has 0 saturated carbocycles. The van der Waals surface area contributed by atoms with Crippen molar-refractivity contribution in [1.82, 2.24) is 0 Å². The van der Waals surface area contributed by atoms with E-state index in [1.807, 2.05) is 5.48 Å². The smallest absolute Gasteiger partial charge is 0.250 e. The van der Waals surface area contributed by atoms with Crippen LogP contribution in [0, 0.1) is 0 Å². The van der Waals surface area contributed by atoms with E-state index in [9.17, 15) is 4.79 Å². The second kappa shape index (κ2) is 7.61. The first-order chi connectivity index (χ1) is 8.26. The van der Waals surface area contributed by atoms with Crippen LogP contribution in [0.25, 0.3) is 0 Å². The maximum absolute atomic E-state index is 11.4. The van der Waals surface area contributed by atoms with Gasteiger partial charge >= 0.3 is 0 Å². The van der Waals surface area contributed by atoms with Crippen molar-refractivity contribution in [3.05, 3.63) is 24.3 Å². The molecular weight excluding hydrogens is 224 g/mol. The molecule has 0 heterocycles. The maximum Gasteiger partial charge on any atom is 0.250 e. The van der Waals surface area contributed by atoms with Gasteiger partial charge in [-0.05, 0) is 18.2 Å². The molecule has 0 aliphatic rings. The minimum absolute atomic E-state index is 0.0276. The molecule has 0 unspecified atom stereocenters. The van der Waals surface area contributed by atoms with Gasteiger partial charge in [-0.3, -0.25) is 15.5 Å². The summed E-state index contributed by atoms with van der Waals surface area (Å²) in [5, 5.41) is 11.3. The van der Waals surface area contributed by atoms with E-state index in [-0.39, 0.29) is 12.5 Å². The highest BCUT2D eigenvalue weighted by Gasteiger charge is 2.02. The molecule has 1 aromatic rings. The molecule has 1 amide bonds. The third-order valence-corrected chi connectivity index (χ3v) is 1.94. The standard InChI is InChI=1S/C11H16N2O4/c1-16-5-6-17-8-11(14)12-9-3-2-4-10(7-9)13-15/h2-4,7,13,15H,5-6,8H2,1H3,(H,12,14). The molecule has 94 valence electrons. The monoisotopic (exact) mass is 240 g/mol. The SMILES string of the molecule is COCCOCC(=O)Nc1cccc(NO)c1. The van der Waals surface area contributed by atoms with Crippen LogP contribution in [0.2, 0.25) is 0 Å². The fraction of sp³-hybridized carbons (Fsp3) is 0.364. The number of benzene rings is 1. The van der Waals surface area contributed by atoms with Crippen molar-refractivity contribution in [1.29, 1.82) is 0 Å². The summed E-state index contributed by atoms with van der Waals surface area (Å²) in [6.07, 6.45) is 0. The van der Waals surface area contributed by atoms with Gasteiger partial charge in [-0.15, -0.1) is 0 Å². The van der Waals surface area contributed by atoms with E-state index >= 15 is 0 Å². The molecule has 0 fully saturated rings. The van der Waals surface area contributed by atoms with Gasteiger partial charge in [0.15, 0.2) is 0 Å². The van der Waals surface area contributed by atoms with Gasteiger partial charge in [-0.1, -0.05) is 6.07 Å². The predicted molar refractivity (Wildman–Crippen MR) is 63.2 cm³/mol. The number of rotatable bonds is 7. The Morgan fingerprint density at radius 2 is 2.12 bits per heavy atom. The van der Waals surface area contributed by atoms with Crippen molar-refractivity contribution >= 4 is 17.3 Å². The molecule has 1 rings (SSSR count). The Hall–Kier alpha value is -1.63. The summed E-state index contributed by atoms with van der Waals surface area (Å²) in [5.41, 5.74) is 3.09. The van der Waals surface area contributed by atoms with Gasteiger partial charge in [-0.25, -0.2) is 0 Å². The van der Waals surface area contributed by atoms with Crippen LogP contribution >= 0.6 is 0 Å². The zero-order valence-electron chi connectivity index (χ0n) is 9.60. The van der Waals surface area contributed by atoms with Gasteiger partial charge in [0.2, 0.25) is 5.91 Å². The van der Waals surface area contributed by atoms with Gasteiger partial charge in [0.1, 0.15) is 6.61 Å². The molecule has 0 atom stereocenters. The van der Waals surface area contributed by atoms with Crippen LogP contribution in [0.4, 0.5) is 11.4 Å². The summed E-state index contributed by atoms with van der Waals surface area (Å²) in [4.78, 5) is 11.4.